The van der Waals surface area contributed by atoms with E-state index < -0.39 is 11.9 Å². The van der Waals surface area contributed by atoms with Gasteiger partial charge >= 0.3 is 6.03 Å². The Labute approximate surface area is 187 Å². The molecule has 1 aromatic heterocycles. The van der Waals surface area contributed by atoms with Crippen LogP contribution in [0.2, 0.25) is 10.0 Å². The summed E-state index contributed by atoms with van der Waals surface area (Å²) in [6.45, 7) is 3.91. The van der Waals surface area contributed by atoms with E-state index in [2.05, 4.69) is 20.8 Å². The summed E-state index contributed by atoms with van der Waals surface area (Å²) in [4.78, 5) is 24.1. The molecule has 0 radical (unpaired) electrons. The number of anilines is 1. The number of aryl methyl sites for hydroxylation is 2. The van der Waals surface area contributed by atoms with Crippen LogP contribution in [0.25, 0.3) is 11.4 Å². The van der Waals surface area contributed by atoms with Crippen LogP contribution in [-0.2, 0) is 4.79 Å². The number of halogens is 2. The van der Waals surface area contributed by atoms with Gasteiger partial charge in [0.25, 0.3) is 0 Å². The number of hydrogen-bond donors (Lipinski definition) is 3. The SMILES string of the molecule is Cc1ccc(NC(=O)NC(=O)CSc2nnc(-c3ccc(Cl)cc3Cl)n2N)cc1C. The van der Waals surface area contributed by atoms with Crippen LogP contribution in [0.15, 0.2) is 41.6 Å². The second-order valence-electron chi connectivity index (χ2n) is 6.39. The summed E-state index contributed by atoms with van der Waals surface area (Å²) >= 11 is 13.1. The number of thioether (sulfide) groups is 1. The van der Waals surface area contributed by atoms with Crippen molar-refractivity contribution in [2.24, 2.45) is 0 Å². The Morgan fingerprint density at radius 2 is 1.87 bits per heavy atom. The molecule has 0 spiro atoms. The molecule has 0 aliphatic heterocycles. The second kappa shape index (κ2) is 9.38. The number of amides is 3. The Morgan fingerprint density at radius 3 is 2.57 bits per heavy atom. The number of nitrogens with zero attached hydrogens (tertiary/aromatic N) is 3. The maximum Gasteiger partial charge on any atom is 0.325 e. The van der Waals surface area contributed by atoms with Crippen molar-refractivity contribution < 1.29 is 9.59 Å². The van der Waals surface area contributed by atoms with Gasteiger partial charge in [0.15, 0.2) is 5.82 Å². The molecule has 0 aliphatic carbocycles. The predicted molar refractivity (Wildman–Crippen MR) is 119 cm³/mol. The Balaban J connectivity index is 1.57. The summed E-state index contributed by atoms with van der Waals surface area (Å²) < 4.78 is 1.22. The minimum atomic E-state index is -0.619. The van der Waals surface area contributed by atoms with Crippen molar-refractivity contribution in [1.29, 1.82) is 0 Å². The first-order valence-electron chi connectivity index (χ1n) is 8.71. The first kappa shape index (κ1) is 21.9. The summed E-state index contributed by atoms with van der Waals surface area (Å²) in [6, 6.07) is 9.77. The van der Waals surface area contributed by atoms with Gasteiger partial charge in [0.1, 0.15) is 0 Å². The standard InChI is InChI=1S/C19H18Cl2N6O2S/c1-10-3-5-13(7-11(10)2)23-18(29)24-16(28)9-30-19-26-25-17(27(19)22)14-6-4-12(20)8-15(14)21/h3-8H,9,22H2,1-2H3,(H2,23,24,28,29). The molecule has 3 aromatic rings. The van der Waals surface area contributed by atoms with Gasteiger partial charge in [-0.3, -0.25) is 10.1 Å². The fourth-order valence-corrected chi connectivity index (χ4v) is 3.65. The van der Waals surface area contributed by atoms with Gasteiger partial charge in [-0.1, -0.05) is 41.0 Å². The van der Waals surface area contributed by atoms with Crippen LogP contribution in [-0.4, -0.2) is 32.6 Å². The van der Waals surface area contributed by atoms with Gasteiger partial charge < -0.3 is 11.2 Å². The van der Waals surface area contributed by atoms with E-state index in [0.717, 1.165) is 22.9 Å². The number of rotatable bonds is 5. The molecular weight excluding hydrogens is 447 g/mol. The van der Waals surface area contributed by atoms with Gasteiger partial charge in [-0.05, 0) is 55.3 Å². The molecule has 0 fully saturated rings. The number of aromatic nitrogens is 3. The Morgan fingerprint density at radius 1 is 1.10 bits per heavy atom. The lowest BCUT2D eigenvalue weighted by atomic mass is 10.1. The van der Waals surface area contributed by atoms with Crippen molar-refractivity contribution in [3.63, 3.8) is 0 Å². The molecule has 0 bridgehead atoms. The van der Waals surface area contributed by atoms with Crippen molar-refractivity contribution in [3.05, 3.63) is 57.6 Å². The normalized spacial score (nSPS) is 10.7. The van der Waals surface area contributed by atoms with E-state index in [1.54, 1.807) is 24.3 Å². The minimum absolute atomic E-state index is 0.0793. The average molecular weight is 465 g/mol. The van der Waals surface area contributed by atoms with Gasteiger partial charge in [0.05, 0.1) is 10.8 Å². The third kappa shape index (κ3) is 5.24. The summed E-state index contributed by atoms with van der Waals surface area (Å²) in [7, 11) is 0. The number of urea groups is 1. The van der Waals surface area contributed by atoms with Crippen molar-refractivity contribution in [2.75, 3.05) is 16.9 Å². The second-order valence-corrected chi connectivity index (χ2v) is 8.18. The van der Waals surface area contributed by atoms with E-state index >= 15 is 0 Å². The highest BCUT2D eigenvalue weighted by atomic mass is 35.5. The van der Waals surface area contributed by atoms with E-state index in [1.165, 1.54) is 4.68 Å². The highest BCUT2D eigenvalue weighted by Crippen LogP contribution is 2.30. The Kier molecular flexibility index (Phi) is 6.86. The molecule has 30 heavy (non-hydrogen) atoms. The zero-order valence-electron chi connectivity index (χ0n) is 16.1. The first-order chi connectivity index (χ1) is 14.2. The molecule has 0 unspecified atom stereocenters. The smallest absolute Gasteiger partial charge is 0.325 e. The van der Waals surface area contributed by atoms with Crippen LogP contribution >= 0.6 is 35.0 Å². The Hall–Kier alpha value is -2.75. The van der Waals surface area contributed by atoms with Gasteiger partial charge in [-0.25, -0.2) is 9.47 Å². The zero-order chi connectivity index (χ0) is 21.8. The third-order valence-corrected chi connectivity index (χ3v) is 5.68. The fraction of sp³-hybridized carbons (Fsp3) is 0.158. The maximum atomic E-state index is 12.1. The average Bonchev–Trinajstić information content (AvgIpc) is 3.03. The van der Waals surface area contributed by atoms with E-state index in [4.69, 9.17) is 29.0 Å². The Bertz CT molecular complexity index is 1120. The van der Waals surface area contributed by atoms with Gasteiger partial charge in [-0.15, -0.1) is 10.2 Å². The first-order valence-corrected chi connectivity index (χ1v) is 10.5. The lowest BCUT2D eigenvalue weighted by molar-refractivity contribution is -0.117. The number of imide groups is 1. The molecule has 2 aromatic carbocycles. The van der Waals surface area contributed by atoms with Crippen LogP contribution < -0.4 is 16.5 Å². The van der Waals surface area contributed by atoms with Gasteiger partial charge in [-0.2, -0.15) is 0 Å². The van der Waals surface area contributed by atoms with Crippen molar-refractivity contribution >= 4 is 52.6 Å². The molecule has 1 heterocycles. The topological polar surface area (TPSA) is 115 Å². The number of nitrogens with two attached hydrogens (primary N) is 1. The fourth-order valence-electron chi connectivity index (χ4n) is 2.50. The maximum absolute atomic E-state index is 12.1. The lowest BCUT2D eigenvalue weighted by Crippen LogP contribution is -2.35. The van der Waals surface area contributed by atoms with E-state index in [9.17, 15) is 9.59 Å². The van der Waals surface area contributed by atoms with E-state index in [-0.39, 0.29) is 5.75 Å². The highest BCUT2D eigenvalue weighted by molar-refractivity contribution is 7.99. The van der Waals surface area contributed by atoms with E-state index in [0.29, 0.717) is 32.3 Å². The largest absolute Gasteiger partial charge is 0.335 e. The van der Waals surface area contributed by atoms with Crippen LogP contribution in [0, 0.1) is 13.8 Å². The molecule has 0 atom stereocenters. The van der Waals surface area contributed by atoms with Gasteiger partial charge in [0, 0.05) is 16.3 Å². The molecule has 0 saturated carbocycles. The molecule has 4 N–H and O–H groups in total. The molecule has 3 rings (SSSR count). The number of carbonyl (C=O) groups excluding carboxylic acids is 2. The van der Waals surface area contributed by atoms with Crippen LogP contribution in [0.4, 0.5) is 10.5 Å². The summed E-state index contributed by atoms with van der Waals surface area (Å²) in [6.07, 6.45) is 0. The number of nitrogen functional groups attached to an aromatic ring is 1. The van der Waals surface area contributed by atoms with Crippen molar-refractivity contribution in [3.8, 4) is 11.4 Å². The molecule has 11 heteroatoms. The number of nitrogens with one attached hydrogen (secondary N) is 2. The third-order valence-electron chi connectivity index (χ3n) is 4.19. The number of hydrogen-bond acceptors (Lipinski definition) is 6. The summed E-state index contributed by atoms with van der Waals surface area (Å²) in [5, 5.41) is 14.0. The van der Waals surface area contributed by atoms with Crippen LogP contribution in [0.1, 0.15) is 11.1 Å². The number of carbonyl (C=O) groups is 2. The van der Waals surface area contributed by atoms with Gasteiger partial charge in [0.2, 0.25) is 11.1 Å². The minimum Gasteiger partial charge on any atom is -0.335 e. The lowest BCUT2D eigenvalue weighted by Gasteiger charge is -2.08. The summed E-state index contributed by atoms with van der Waals surface area (Å²) in [5.74, 6) is 5.77. The van der Waals surface area contributed by atoms with Crippen molar-refractivity contribution in [2.45, 2.75) is 19.0 Å². The van der Waals surface area contributed by atoms with Crippen LogP contribution in [0.3, 0.4) is 0 Å². The molecule has 3 amide bonds. The molecule has 0 saturated heterocycles. The number of benzene rings is 2. The molecule has 8 nitrogen and oxygen atoms in total. The predicted octanol–water partition coefficient (Wildman–Crippen LogP) is 4.02. The van der Waals surface area contributed by atoms with E-state index in [1.807, 2.05) is 26.0 Å². The summed E-state index contributed by atoms with van der Waals surface area (Å²) in [5.41, 5.74) is 3.30. The molecular formula is C19H18Cl2N6O2S. The molecule has 0 aliphatic rings. The van der Waals surface area contributed by atoms with Crippen molar-refractivity contribution in [1.82, 2.24) is 20.2 Å². The monoisotopic (exact) mass is 464 g/mol. The quantitative estimate of drug-likeness (QED) is 0.387. The zero-order valence-corrected chi connectivity index (χ0v) is 18.4. The van der Waals surface area contributed by atoms with Crippen LogP contribution in [0.5, 0.6) is 0 Å². The highest BCUT2D eigenvalue weighted by Gasteiger charge is 2.17. The molecule has 156 valence electrons.